The predicted molar refractivity (Wildman–Crippen MR) is 91.1 cm³/mol. The van der Waals surface area contributed by atoms with Crippen LogP contribution in [0.15, 0.2) is 18.2 Å². The molecule has 2 heterocycles. The van der Waals surface area contributed by atoms with Gasteiger partial charge in [0, 0.05) is 19.5 Å². The summed E-state index contributed by atoms with van der Waals surface area (Å²) in [6.07, 6.45) is 4.51. The van der Waals surface area contributed by atoms with Gasteiger partial charge in [-0.2, -0.15) is 0 Å². The number of carbonyl (C=O) groups excluding carboxylic acids is 1. The molecule has 0 unspecified atom stereocenters. The van der Waals surface area contributed by atoms with Crippen LogP contribution in [-0.4, -0.2) is 27.2 Å². The monoisotopic (exact) mass is 328 g/mol. The fraction of sp³-hybridized carbons (Fsp3) is 0.500. The molecule has 1 aliphatic heterocycles. The van der Waals surface area contributed by atoms with Crippen LogP contribution in [0.2, 0.25) is 0 Å². The van der Waals surface area contributed by atoms with E-state index in [4.69, 9.17) is 4.74 Å². The second-order valence-electron chi connectivity index (χ2n) is 6.09. The molecule has 1 aromatic heterocycles. The van der Waals surface area contributed by atoms with Crippen LogP contribution in [0.1, 0.15) is 53.8 Å². The van der Waals surface area contributed by atoms with Gasteiger partial charge in [0.25, 0.3) is 5.91 Å². The molecule has 6 heteroatoms. The first kappa shape index (κ1) is 16.5. The fourth-order valence-electron chi connectivity index (χ4n) is 3.07. The number of carbonyl (C=O) groups is 1. The Morgan fingerprint density at radius 2 is 2.17 bits per heavy atom. The molecule has 1 amide bonds. The van der Waals surface area contributed by atoms with E-state index < -0.39 is 0 Å². The van der Waals surface area contributed by atoms with E-state index in [1.807, 2.05) is 26.0 Å². The predicted octanol–water partition coefficient (Wildman–Crippen LogP) is 2.64. The zero-order chi connectivity index (χ0) is 16.9. The minimum atomic E-state index is -0.115. The molecule has 1 N–H and O–H groups in total. The summed E-state index contributed by atoms with van der Waals surface area (Å²) in [5.74, 6) is 2.38. The van der Waals surface area contributed by atoms with Crippen molar-refractivity contribution in [2.24, 2.45) is 0 Å². The third-order valence-electron chi connectivity index (χ3n) is 4.33. The van der Waals surface area contributed by atoms with Crippen molar-refractivity contribution in [2.45, 2.75) is 52.7 Å². The molecule has 2 aromatic rings. The summed E-state index contributed by atoms with van der Waals surface area (Å²) in [5, 5.41) is 11.4. The second kappa shape index (κ2) is 7.47. The van der Waals surface area contributed by atoms with Gasteiger partial charge in [-0.1, -0.05) is 18.6 Å². The van der Waals surface area contributed by atoms with Gasteiger partial charge in [-0.15, -0.1) is 10.2 Å². The van der Waals surface area contributed by atoms with Crippen molar-refractivity contribution in [3.05, 3.63) is 41.0 Å². The molecule has 1 aromatic carbocycles. The fourth-order valence-corrected chi connectivity index (χ4v) is 3.07. The lowest BCUT2D eigenvalue weighted by Gasteiger charge is -2.14. The number of para-hydroxylation sites is 1. The van der Waals surface area contributed by atoms with Crippen molar-refractivity contribution in [3.63, 3.8) is 0 Å². The Morgan fingerprint density at radius 3 is 3.00 bits per heavy atom. The number of rotatable bonds is 5. The second-order valence-corrected chi connectivity index (χ2v) is 6.09. The smallest absolute Gasteiger partial charge is 0.255 e. The number of fused-ring (bicyclic) bond motifs is 1. The van der Waals surface area contributed by atoms with Crippen LogP contribution in [0.3, 0.4) is 0 Å². The summed E-state index contributed by atoms with van der Waals surface area (Å²) in [6, 6.07) is 5.61. The van der Waals surface area contributed by atoms with Crippen LogP contribution >= 0.6 is 0 Å². The molecule has 0 spiro atoms. The van der Waals surface area contributed by atoms with Crippen LogP contribution < -0.4 is 10.1 Å². The van der Waals surface area contributed by atoms with Crippen LogP contribution in [0.5, 0.6) is 5.75 Å². The normalized spacial score (nSPS) is 13.9. The van der Waals surface area contributed by atoms with Gasteiger partial charge in [-0.05, 0) is 38.3 Å². The van der Waals surface area contributed by atoms with Gasteiger partial charge in [0.2, 0.25) is 0 Å². The highest BCUT2D eigenvalue weighted by Crippen LogP contribution is 2.25. The third-order valence-corrected chi connectivity index (χ3v) is 4.33. The Morgan fingerprint density at radius 1 is 1.29 bits per heavy atom. The van der Waals surface area contributed by atoms with E-state index in [-0.39, 0.29) is 5.91 Å². The largest absolute Gasteiger partial charge is 0.484 e. The molecule has 128 valence electrons. The van der Waals surface area contributed by atoms with Crippen LogP contribution in [0, 0.1) is 6.92 Å². The molecular weight excluding hydrogens is 304 g/mol. The van der Waals surface area contributed by atoms with E-state index in [0.29, 0.717) is 24.5 Å². The number of amides is 1. The SMILES string of the molecule is CCNC(=O)c1cccc(C)c1OCc1nnc2n1CCCCC2. The highest BCUT2D eigenvalue weighted by atomic mass is 16.5. The summed E-state index contributed by atoms with van der Waals surface area (Å²) >= 11 is 0. The average molecular weight is 328 g/mol. The molecule has 0 atom stereocenters. The van der Waals surface area contributed by atoms with E-state index in [9.17, 15) is 4.79 Å². The van der Waals surface area contributed by atoms with E-state index in [2.05, 4.69) is 20.1 Å². The zero-order valence-electron chi connectivity index (χ0n) is 14.3. The lowest BCUT2D eigenvalue weighted by atomic mass is 10.1. The number of aryl methyl sites for hydroxylation is 2. The van der Waals surface area contributed by atoms with Crippen molar-refractivity contribution in [1.82, 2.24) is 20.1 Å². The van der Waals surface area contributed by atoms with Crippen molar-refractivity contribution in [1.29, 1.82) is 0 Å². The highest BCUT2D eigenvalue weighted by molar-refractivity contribution is 5.97. The minimum Gasteiger partial charge on any atom is -0.484 e. The van der Waals surface area contributed by atoms with Crippen LogP contribution in [-0.2, 0) is 19.6 Å². The Labute approximate surface area is 142 Å². The maximum Gasteiger partial charge on any atom is 0.255 e. The maximum absolute atomic E-state index is 12.2. The third kappa shape index (κ3) is 3.42. The number of hydrogen-bond donors (Lipinski definition) is 1. The number of hydrogen-bond acceptors (Lipinski definition) is 4. The molecule has 0 aliphatic carbocycles. The summed E-state index contributed by atoms with van der Waals surface area (Å²) < 4.78 is 8.17. The maximum atomic E-state index is 12.2. The summed E-state index contributed by atoms with van der Waals surface area (Å²) in [5.41, 5.74) is 1.50. The van der Waals surface area contributed by atoms with E-state index in [1.54, 1.807) is 6.07 Å². The molecule has 24 heavy (non-hydrogen) atoms. The molecule has 3 rings (SSSR count). The number of aromatic nitrogens is 3. The molecule has 0 fully saturated rings. The van der Waals surface area contributed by atoms with Gasteiger partial charge >= 0.3 is 0 Å². The Balaban J connectivity index is 1.80. The Hall–Kier alpha value is -2.37. The van der Waals surface area contributed by atoms with Crippen molar-refractivity contribution >= 4 is 5.91 Å². The molecule has 0 bridgehead atoms. The topological polar surface area (TPSA) is 69.0 Å². The van der Waals surface area contributed by atoms with Crippen molar-refractivity contribution in [3.8, 4) is 5.75 Å². The molecular formula is C18H24N4O2. The lowest BCUT2D eigenvalue weighted by molar-refractivity contribution is 0.0951. The molecule has 0 radical (unpaired) electrons. The summed E-state index contributed by atoms with van der Waals surface area (Å²) in [7, 11) is 0. The first-order valence-electron chi connectivity index (χ1n) is 8.62. The molecule has 1 aliphatic rings. The molecule has 0 saturated heterocycles. The quantitative estimate of drug-likeness (QED) is 0.916. The zero-order valence-corrected chi connectivity index (χ0v) is 14.3. The summed E-state index contributed by atoms with van der Waals surface area (Å²) in [4.78, 5) is 12.2. The van der Waals surface area contributed by atoms with E-state index in [0.717, 1.165) is 43.0 Å². The highest BCUT2D eigenvalue weighted by Gasteiger charge is 2.18. The summed E-state index contributed by atoms with van der Waals surface area (Å²) in [6.45, 7) is 5.70. The molecule has 0 saturated carbocycles. The number of benzene rings is 1. The first-order chi connectivity index (χ1) is 11.7. The number of nitrogens with zero attached hydrogens (tertiary/aromatic N) is 3. The van der Waals surface area contributed by atoms with Crippen molar-refractivity contribution < 1.29 is 9.53 Å². The van der Waals surface area contributed by atoms with Gasteiger partial charge in [-0.25, -0.2) is 0 Å². The standard InChI is InChI=1S/C18H24N4O2/c1-3-19-18(23)14-9-7-8-13(2)17(14)24-12-16-21-20-15-10-5-4-6-11-22(15)16/h7-9H,3-6,10-12H2,1-2H3,(H,19,23). The number of ether oxygens (including phenoxy) is 1. The average Bonchev–Trinajstić information content (AvgIpc) is 2.80. The lowest BCUT2D eigenvalue weighted by Crippen LogP contribution is -2.23. The Kier molecular flexibility index (Phi) is 5.13. The van der Waals surface area contributed by atoms with Crippen LogP contribution in [0.4, 0.5) is 0 Å². The minimum absolute atomic E-state index is 0.115. The van der Waals surface area contributed by atoms with Gasteiger partial charge in [0.05, 0.1) is 5.56 Å². The van der Waals surface area contributed by atoms with E-state index >= 15 is 0 Å². The van der Waals surface area contributed by atoms with Gasteiger partial charge < -0.3 is 14.6 Å². The van der Waals surface area contributed by atoms with Crippen LogP contribution in [0.25, 0.3) is 0 Å². The van der Waals surface area contributed by atoms with Gasteiger partial charge in [0.15, 0.2) is 5.82 Å². The Bertz CT molecular complexity index is 724. The first-order valence-corrected chi connectivity index (χ1v) is 8.62. The molecule has 6 nitrogen and oxygen atoms in total. The number of nitrogens with one attached hydrogen (secondary N) is 1. The van der Waals surface area contributed by atoms with Gasteiger partial charge in [-0.3, -0.25) is 4.79 Å². The van der Waals surface area contributed by atoms with Gasteiger partial charge in [0.1, 0.15) is 18.2 Å². The van der Waals surface area contributed by atoms with E-state index in [1.165, 1.54) is 6.42 Å². The van der Waals surface area contributed by atoms with Crippen molar-refractivity contribution in [2.75, 3.05) is 6.54 Å².